The van der Waals surface area contributed by atoms with E-state index in [1.165, 1.54) is 0 Å². The lowest BCUT2D eigenvalue weighted by molar-refractivity contribution is 0.0526. The molecule has 4 heteroatoms. The first-order chi connectivity index (χ1) is 9.24. The van der Waals surface area contributed by atoms with Gasteiger partial charge in [0.15, 0.2) is 0 Å². The SMILES string of the molecule is CCOC(=O)c1ccc2cc(CCCCBr)oc2c1. The van der Waals surface area contributed by atoms with Crippen molar-refractivity contribution in [3.05, 3.63) is 35.6 Å². The van der Waals surface area contributed by atoms with Crippen molar-refractivity contribution in [1.29, 1.82) is 0 Å². The number of unbranched alkanes of at least 4 members (excludes halogenated alkanes) is 1. The number of rotatable bonds is 6. The predicted molar refractivity (Wildman–Crippen MR) is 78.9 cm³/mol. The maximum atomic E-state index is 11.6. The molecule has 2 aromatic rings. The fraction of sp³-hybridized carbons (Fsp3) is 0.400. The number of alkyl halides is 1. The van der Waals surface area contributed by atoms with Gasteiger partial charge in [0, 0.05) is 17.1 Å². The van der Waals surface area contributed by atoms with E-state index in [1.807, 2.05) is 12.1 Å². The lowest BCUT2D eigenvalue weighted by Gasteiger charge is -2.00. The number of ether oxygens (including phenoxy) is 1. The van der Waals surface area contributed by atoms with Crippen LogP contribution in [0.4, 0.5) is 0 Å². The number of hydrogen-bond donors (Lipinski definition) is 0. The molecule has 0 atom stereocenters. The van der Waals surface area contributed by atoms with Crippen LogP contribution in [-0.2, 0) is 11.2 Å². The molecule has 0 saturated heterocycles. The van der Waals surface area contributed by atoms with Gasteiger partial charge in [-0.05, 0) is 38.0 Å². The molecule has 0 fully saturated rings. The van der Waals surface area contributed by atoms with Gasteiger partial charge in [-0.3, -0.25) is 0 Å². The number of esters is 1. The third-order valence-corrected chi connectivity index (χ3v) is 3.45. The van der Waals surface area contributed by atoms with Gasteiger partial charge in [-0.1, -0.05) is 22.0 Å². The summed E-state index contributed by atoms with van der Waals surface area (Å²) in [6.45, 7) is 2.18. The summed E-state index contributed by atoms with van der Waals surface area (Å²) in [6.07, 6.45) is 3.15. The van der Waals surface area contributed by atoms with Crippen LogP contribution in [0.15, 0.2) is 28.7 Å². The van der Waals surface area contributed by atoms with E-state index >= 15 is 0 Å². The molecule has 2 rings (SSSR count). The van der Waals surface area contributed by atoms with E-state index in [4.69, 9.17) is 9.15 Å². The maximum absolute atomic E-state index is 11.6. The molecule has 0 aliphatic rings. The molecule has 1 aromatic heterocycles. The van der Waals surface area contributed by atoms with Gasteiger partial charge in [0.1, 0.15) is 11.3 Å². The Morgan fingerprint density at radius 3 is 2.89 bits per heavy atom. The lowest BCUT2D eigenvalue weighted by Crippen LogP contribution is -2.03. The number of aryl methyl sites for hydroxylation is 1. The highest BCUT2D eigenvalue weighted by Gasteiger charge is 2.10. The van der Waals surface area contributed by atoms with Crippen molar-refractivity contribution in [3.63, 3.8) is 0 Å². The number of furan rings is 1. The number of fused-ring (bicyclic) bond motifs is 1. The van der Waals surface area contributed by atoms with Crippen LogP contribution in [0.1, 0.15) is 35.9 Å². The van der Waals surface area contributed by atoms with Gasteiger partial charge in [-0.2, -0.15) is 0 Å². The standard InChI is InChI=1S/C15H17BrO3/c1-2-18-15(17)12-7-6-11-9-13(5-3-4-8-16)19-14(11)10-12/h6-7,9-10H,2-5,8H2,1H3. The smallest absolute Gasteiger partial charge is 0.338 e. The molecule has 1 aromatic carbocycles. The highest BCUT2D eigenvalue weighted by atomic mass is 79.9. The Labute approximate surface area is 121 Å². The van der Waals surface area contributed by atoms with Crippen molar-refractivity contribution in [2.45, 2.75) is 26.2 Å². The Morgan fingerprint density at radius 2 is 2.16 bits per heavy atom. The fourth-order valence-corrected chi connectivity index (χ4v) is 2.34. The van der Waals surface area contributed by atoms with Crippen LogP contribution in [0.25, 0.3) is 11.0 Å². The van der Waals surface area contributed by atoms with Crippen molar-refractivity contribution in [3.8, 4) is 0 Å². The van der Waals surface area contributed by atoms with E-state index in [9.17, 15) is 4.79 Å². The van der Waals surface area contributed by atoms with Gasteiger partial charge in [0.05, 0.1) is 12.2 Å². The average Bonchev–Trinajstić information content (AvgIpc) is 2.81. The monoisotopic (exact) mass is 324 g/mol. The van der Waals surface area contributed by atoms with E-state index in [-0.39, 0.29) is 5.97 Å². The molecular weight excluding hydrogens is 308 g/mol. The zero-order chi connectivity index (χ0) is 13.7. The van der Waals surface area contributed by atoms with Gasteiger partial charge in [-0.25, -0.2) is 4.79 Å². The van der Waals surface area contributed by atoms with Gasteiger partial charge in [-0.15, -0.1) is 0 Å². The van der Waals surface area contributed by atoms with Crippen molar-refractivity contribution in [2.24, 2.45) is 0 Å². The molecular formula is C15H17BrO3. The van der Waals surface area contributed by atoms with Gasteiger partial charge >= 0.3 is 5.97 Å². The first kappa shape index (κ1) is 14.1. The number of carbonyl (C=O) groups is 1. The Kier molecular flexibility index (Phi) is 5.02. The van der Waals surface area contributed by atoms with Crippen LogP contribution in [0.3, 0.4) is 0 Å². The van der Waals surface area contributed by atoms with Crippen molar-refractivity contribution < 1.29 is 13.9 Å². The molecule has 1 heterocycles. The first-order valence-electron chi connectivity index (χ1n) is 6.50. The van der Waals surface area contributed by atoms with Crippen LogP contribution < -0.4 is 0 Å². The second-order valence-electron chi connectivity index (χ2n) is 4.33. The Balaban J connectivity index is 2.16. The largest absolute Gasteiger partial charge is 0.462 e. The molecule has 0 unspecified atom stereocenters. The third-order valence-electron chi connectivity index (χ3n) is 2.89. The van der Waals surface area contributed by atoms with Crippen LogP contribution >= 0.6 is 15.9 Å². The van der Waals surface area contributed by atoms with Crippen LogP contribution in [0.5, 0.6) is 0 Å². The minimum Gasteiger partial charge on any atom is -0.462 e. The summed E-state index contributed by atoms with van der Waals surface area (Å²) in [6, 6.07) is 7.47. The molecule has 0 radical (unpaired) electrons. The van der Waals surface area contributed by atoms with E-state index in [2.05, 4.69) is 15.9 Å². The zero-order valence-electron chi connectivity index (χ0n) is 10.9. The van der Waals surface area contributed by atoms with Gasteiger partial charge in [0.2, 0.25) is 0 Å². The quantitative estimate of drug-likeness (QED) is 0.451. The molecule has 0 aliphatic carbocycles. The number of halogens is 1. The lowest BCUT2D eigenvalue weighted by atomic mass is 10.1. The van der Waals surface area contributed by atoms with Crippen molar-refractivity contribution >= 4 is 32.9 Å². The number of carbonyl (C=O) groups excluding carboxylic acids is 1. The van der Waals surface area contributed by atoms with Crippen LogP contribution in [0, 0.1) is 0 Å². The Morgan fingerprint density at radius 1 is 1.32 bits per heavy atom. The summed E-state index contributed by atoms with van der Waals surface area (Å²) >= 11 is 3.42. The Hall–Kier alpha value is -1.29. The summed E-state index contributed by atoms with van der Waals surface area (Å²) in [7, 11) is 0. The molecule has 0 saturated carbocycles. The first-order valence-corrected chi connectivity index (χ1v) is 7.62. The average molecular weight is 325 g/mol. The normalized spacial score (nSPS) is 10.8. The topological polar surface area (TPSA) is 39.4 Å². The second kappa shape index (κ2) is 6.75. The van der Waals surface area contributed by atoms with E-state index in [1.54, 1.807) is 19.1 Å². The number of benzene rings is 1. The highest BCUT2D eigenvalue weighted by Crippen LogP contribution is 2.22. The minimum absolute atomic E-state index is 0.304. The highest BCUT2D eigenvalue weighted by molar-refractivity contribution is 9.09. The van der Waals surface area contributed by atoms with Crippen LogP contribution in [0.2, 0.25) is 0 Å². The summed E-state index contributed by atoms with van der Waals surface area (Å²) in [5.74, 6) is 0.665. The van der Waals surface area contributed by atoms with Crippen molar-refractivity contribution in [1.82, 2.24) is 0 Å². The second-order valence-corrected chi connectivity index (χ2v) is 5.12. The van der Waals surface area contributed by atoms with Crippen molar-refractivity contribution in [2.75, 3.05) is 11.9 Å². The molecule has 0 bridgehead atoms. The zero-order valence-corrected chi connectivity index (χ0v) is 12.5. The van der Waals surface area contributed by atoms with Gasteiger partial charge < -0.3 is 9.15 Å². The van der Waals surface area contributed by atoms with E-state index in [0.29, 0.717) is 12.2 Å². The minimum atomic E-state index is -0.304. The maximum Gasteiger partial charge on any atom is 0.338 e. The summed E-state index contributed by atoms with van der Waals surface area (Å²) in [5, 5.41) is 2.04. The molecule has 3 nitrogen and oxygen atoms in total. The molecule has 0 aliphatic heterocycles. The Bertz CT molecular complexity index is 560. The van der Waals surface area contributed by atoms with Gasteiger partial charge in [0.25, 0.3) is 0 Å². The van der Waals surface area contributed by atoms with E-state index in [0.717, 1.165) is 41.3 Å². The summed E-state index contributed by atoms with van der Waals surface area (Å²) < 4.78 is 10.7. The fourth-order valence-electron chi connectivity index (χ4n) is 1.94. The molecule has 0 spiro atoms. The summed E-state index contributed by atoms with van der Waals surface area (Å²) in [5.41, 5.74) is 1.29. The third kappa shape index (κ3) is 3.60. The molecule has 0 amide bonds. The number of hydrogen-bond acceptors (Lipinski definition) is 3. The molecule has 0 N–H and O–H groups in total. The predicted octanol–water partition coefficient (Wildman–Crippen LogP) is 4.33. The summed E-state index contributed by atoms with van der Waals surface area (Å²) in [4.78, 5) is 11.6. The van der Waals surface area contributed by atoms with Crippen LogP contribution in [-0.4, -0.2) is 17.9 Å². The van der Waals surface area contributed by atoms with E-state index < -0.39 is 0 Å². The molecule has 102 valence electrons. The molecule has 19 heavy (non-hydrogen) atoms.